The molecule has 0 bridgehead atoms. The zero-order valence-electron chi connectivity index (χ0n) is 12.0. The molecule has 0 aliphatic carbocycles. The average Bonchev–Trinajstić information content (AvgIpc) is 2.44. The Hall–Kier alpha value is -0.950. The van der Waals surface area contributed by atoms with Crippen LogP contribution in [0.25, 0.3) is 0 Å². The second kappa shape index (κ2) is 6.67. The highest BCUT2D eigenvalue weighted by molar-refractivity contribution is 7.89. The summed E-state index contributed by atoms with van der Waals surface area (Å²) in [7, 11) is -3.49. The molecule has 1 unspecified atom stereocenters. The zero-order valence-corrected chi connectivity index (χ0v) is 12.8. The van der Waals surface area contributed by atoms with Gasteiger partial charge in [-0.1, -0.05) is 12.1 Å². The predicted molar refractivity (Wildman–Crippen MR) is 78.1 cm³/mol. The largest absolute Gasteiger partial charge is 0.380 e. The molecule has 1 atom stereocenters. The first-order valence-corrected chi connectivity index (χ1v) is 8.44. The molecule has 1 aromatic carbocycles. The van der Waals surface area contributed by atoms with Crippen LogP contribution in [0.4, 0.5) is 0 Å². The summed E-state index contributed by atoms with van der Waals surface area (Å²) in [4.78, 5) is 0.403. The molecular formula is C14H22N2O3S. The van der Waals surface area contributed by atoms with Crippen molar-refractivity contribution in [1.82, 2.24) is 10.0 Å². The van der Waals surface area contributed by atoms with Crippen LogP contribution >= 0.6 is 0 Å². The Balaban J connectivity index is 2.21. The Kier molecular flexibility index (Phi) is 5.15. The van der Waals surface area contributed by atoms with Gasteiger partial charge in [0.15, 0.2) is 0 Å². The number of rotatable bonds is 6. The lowest BCUT2D eigenvalue weighted by Crippen LogP contribution is -2.37. The summed E-state index contributed by atoms with van der Waals surface area (Å²) in [6.07, 6.45) is 0.742. The van der Waals surface area contributed by atoms with Crippen LogP contribution in [0.2, 0.25) is 0 Å². The van der Waals surface area contributed by atoms with Crippen molar-refractivity contribution in [2.45, 2.75) is 37.8 Å². The molecule has 6 heteroatoms. The van der Waals surface area contributed by atoms with Crippen LogP contribution in [-0.2, 0) is 27.7 Å². The number of nitrogens with one attached hydrogen (secondary N) is 2. The van der Waals surface area contributed by atoms with E-state index in [1.54, 1.807) is 12.1 Å². The lowest BCUT2D eigenvalue weighted by atomic mass is 10.0. The molecule has 2 N–H and O–H groups in total. The maximum absolute atomic E-state index is 12.5. The van der Waals surface area contributed by atoms with Gasteiger partial charge in [0.05, 0.1) is 11.5 Å². The summed E-state index contributed by atoms with van der Waals surface area (Å²) in [5.74, 6) is 0. The molecule has 112 valence electrons. The number of ether oxygens (including phenoxy) is 1. The molecule has 0 saturated heterocycles. The maximum Gasteiger partial charge on any atom is 0.241 e. The van der Waals surface area contributed by atoms with Crippen LogP contribution in [-0.4, -0.2) is 34.2 Å². The number of hydrogen-bond acceptors (Lipinski definition) is 4. The van der Waals surface area contributed by atoms with Gasteiger partial charge >= 0.3 is 0 Å². The van der Waals surface area contributed by atoms with E-state index in [1.807, 2.05) is 19.9 Å². The molecule has 2 rings (SSSR count). The summed E-state index contributed by atoms with van der Waals surface area (Å²) in [5, 5.41) is 3.25. The SMILES string of the molecule is CCOCC(C)NS(=O)(=O)c1cccc2c1CCNC2. The molecule has 0 saturated carbocycles. The van der Waals surface area contributed by atoms with Crippen molar-refractivity contribution in [1.29, 1.82) is 0 Å². The Morgan fingerprint density at radius 1 is 1.45 bits per heavy atom. The van der Waals surface area contributed by atoms with Crippen LogP contribution in [0.5, 0.6) is 0 Å². The third-order valence-electron chi connectivity index (χ3n) is 3.32. The van der Waals surface area contributed by atoms with E-state index in [-0.39, 0.29) is 6.04 Å². The van der Waals surface area contributed by atoms with Crippen LogP contribution in [0.3, 0.4) is 0 Å². The third kappa shape index (κ3) is 3.58. The van der Waals surface area contributed by atoms with E-state index in [0.717, 1.165) is 30.6 Å². The van der Waals surface area contributed by atoms with E-state index >= 15 is 0 Å². The first-order valence-electron chi connectivity index (χ1n) is 6.96. The number of sulfonamides is 1. The number of benzene rings is 1. The van der Waals surface area contributed by atoms with Gasteiger partial charge in [-0.3, -0.25) is 0 Å². The Bertz CT molecular complexity index is 558. The van der Waals surface area contributed by atoms with Gasteiger partial charge in [0.2, 0.25) is 10.0 Å². The Morgan fingerprint density at radius 2 is 2.25 bits per heavy atom. The van der Waals surface area contributed by atoms with Crippen molar-refractivity contribution in [2.24, 2.45) is 0 Å². The Morgan fingerprint density at radius 3 is 3.00 bits per heavy atom. The minimum absolute atomic E-state index is 0.238. The third-order valence-corrected chi connectivity index (χ3v) is 4.99. The zero-order chi connectivity index (χ0) is 14.6. The monoisotopic (exact) mass is 298 g/mol. The molecule has 20 heavy (non-hydrogen) atoms. The van der Waals surface area contributed by atoms with Crippen LogP contribution in [0.1, 0.15) is 25.0 Å². The molecule has 0 fully saturated rings. The summed E-state index contributed by atoms with van der Waals surface area (Å²) in [5.41, 5.74) is 2.00. The van der Waals surface area contributed by atoms with Crippen molar-refractivity contribution in [3.63, 3.8) is 0 Å². The lowest BCUT2D eigenvalue weighted by molar-refractivity contribution is 0.133. The topological polar surface area (TPSA) is 67.4 Å². The van der Waals surface area contributed by atoms with Crippen molar-refractivity contribution < 1.29 is 13.2 Å². The molecule has 1 aromatic rings. The van der Waals surface area contributed by atoms with Crippen LogP contribution in [0, 0.1) is 0 Å². The fourth-order valence-corrected chi connectivity index (χ4v) is 3.95. The van der Waals surface area contributed by atoms with Gasteiger partial charge in [0.1, 0.15) is 0 Å². The second-order valence-corrected chi connectivity index (χ2v) is 6.68. The van der Waals surface area contributed by atoms with Crippen molar-refractivity contribution >= 4 is 10.0 Å². The van der Waals surface area contributed by atoms with Gasteiger partial charge in [-0.2, -0.15) is 0 Å². The van der Waals surface area contributed by atoms with Gasteiger partial charge in [0.25, 0.3) is 0 Å². The van der Waals surface area contributed by atoms with Crippen LogP contribution in [0.15, 0.2) is 23.1 Å². The van der Waals surface area contributed by atoms with Crippen LogP contribution < -0.4 is 10.0 Å². The fourth-order valence-electron chi connectivity index (χ4n) is 2.41. The molecule has 1 aliphatic heterocycles. The number of hydrogen-bond donors (Lipinski definition) is 2. The minimum atomic E-state index is -3.49. The maximum atomic E-state index is 12.5. The highest BCUT2D eigenvalue weighted by Crippen LogP contribution is 2.22. The summed E-state index contributed by atoms with van der Waals surface area (Å²) in [6.45, 7) is 6.21. The Labute approximate surface area is 120 Å². The quantitative estimate of drug-likeness (QED) is 0.823. The number of fused-ring (bicyclic) bond motifs is 1. The van der Waals surface area contributed by atoms with Crippen molar-refractivity contribution in [3.05, 3.63) is 29.3 Å². The smallest absolute Gasteiger partial charge is 0.241 e. The van der Waals surface area contributed by atoms with Gasteiger partial charge < -0.3 is 10.1 Å². The van der Waals surface area contributed by atoms with E-state index in [2.05, 4.69) is 10.0 Å². The summed E-state index contributed by atoms with van der Waals surface area (Å²) >= 11 is 0. The van der Waals surface area contributed by atoms with Gasteiger partial charge in [-0.05, 0) is 44.0 Å². The van der Waals surface area contributed by atoms with E-state index in [1.165, 1.54) is 0 Å². The van der Waals surface area contributed by atoms with Gasteiger partial charge in [0, 0.05) is 19.2 Å². The molecule has 0 aromatic heterocycles. The predicted octanol–water partition coefficient (Wildman–Crippen LogP) is 1.04. The highest BCUT2D eigenvalue weighted by Gasteiger charge is 2.23. The molecule has 5 nitrogen and oxygen atoms in total. The lowest BCUT2D eigenvalue weighted by Gasteiger charge is -2.21. The highest BCUT2D eigenvalue weighted by atomic mass is 32.2. The first-order chi connectivity index (χ1) is 9.54. The van der Waals surface area contributed by atoms with E-state index < -0.39 is 10.0 Å². The molecule has 0 amide bonds. The fraction of sp³-hybridized carbons (Fsp3) is 0.571. The molecule has 0 radical (unpaired) electrons. The van der Waals surface area contributed by atoms with E-state index in [4.69, 9.17) is 4.74 Å². The van der Waals surface area contributed by atoms with Crippen molar-refractivity contribution in [3.8, 4) is 0 Å². The van der Waals surface area contributed by atoms with Crippen molar-refractivity contribution in [2.75, 3.05) is 19.8 Å². The average molecular weight is 298 g/mol. The summed E-state index contributed by atoms with van der Waals surface area (Å²) in [6, 6.07) is 5.22. The first kappa shape index (κ1) is 15.4. The minimum Gasteiger partial charge on any atom is -0.380 e. The standard InChI is InChI=1S/C14H22N2O3S/c1-3-19-10-11(2)16-20(17,18)14-6-4-5-12-9-15-8-7-13(12)14/h4-6,11,15-16H,3,7-10H2,1-2H3. The molecular weight excluding hydrogens is 276 g/mol. The normalized spacial score (nSPS) is 16.7. The van der Waals surface area contributed by atoms with Gasteiger partial charge in [-0.15, -0.1) is 0 Å². The van der Waals surface area contributed by atoms with E-state index in [0.29, 0.717) is 18.1 Å². The van der Waals surface area contributed by atoms with E-state index in [9.17, 15) is 8.42 Å². The molecule has 0 spiro atoms. The summed E-state index contributed by atoms with van der Waals surface area (Å²) < 4.78 is 32.9. The molecule has 1 aliphatic rings. The second-order valence-electron chi connectivity index (χ2n) is 5.00. The molecule has 1 heterocycles. The van der Waals surface area contributed by atoms with Gasteiger partial charge in [-0.25, -0.2) is 13.1 Å².